The van der Waals surface area contributed by atoms with Crippen LogP contribution in [0, 0.1) is 11.8 Å². The fraction of sp³-hybridized carbons (Fsp3) is 0.474. The Morgan fingerprint density at radius 2 is 1.92 bits per heavy atom. The van der Waals surface area contributed by atoms with Crippen LogP contribution in [0.3, 0.4) is 0 Å². The van der Waals surface area contributed by atoms with Gasteiger partial charge in [-0.15, -0.1) is 0 Å². The number of fused-ring (bicyclic) bond motifs is 1. The average Bonchev–Trinajstić information content (AvgIpc) is 2.95. The standard InChI is InChI=1S/C19H28N4O2/c1-13(2)11-23-9-8-15-10-16(6-7-17(15)23)21-19(25)22(5)12-14(3)18(24)20-4/h6-10,13-14H,11-12H2,1-5H3,(H,20,24)(H,21,25)/t14-/m1/s1. The number of carbonyl (C=O) groups excluding carboxylic acids is 2. The zero-order chi connectivity index (χ0) is 18.6. The molecule has 0 saturated carbocycles. The molecule has 136 valence electrons. The maximum absolute atomic E-state index is 12.3. The lowest BCUT2D eigenvalue weighted by molar-refractivity contribution is -0.124. The Kier molecular flexibility index (Phi) is 6.07. The molecule has 0 spiro atoms. The van der Waals surface area contributed by atoms with Crippen LogP contribution in [-0.4, -0.2) is 42.0 Å². The SMILES string of the molecule is CNC(=O)[C@H](C)CN(C)C(=O)Nc1ccc2c(ccn2CC(C)C)c1. The van der Waals surface area contributed by atoms with E-state index in [-0.39, 0.29) is 17.9 Å². The Morgan fingerprint density at radius 1 is 1.20 bits per heavy atom. The van der Waals surface area contributed by atoms with Crippen molar-refractivity contribution >= 4 is 28.5 Å². The van der Waals surface area contributed by atoms with Crippen molar-refractivity contribution in [2.75, 3.05) is 26.0 Å². The number of nitrogens with one attached hydrogen (secondary N) is 2. The van der Waals surface area contributed by atoms with Crippen molar-refractivity contribution in [3.63, 3.8) is 0 Å². The van der Waals surface area contributed by atoms with E-state index < -0.39 is 0 Å². The van der Waals surface area contributed by atoms with E-state index in [9.17, 15) is 9.59 Å². The van der Waals surface area contributed by atoms with Gasteiger partial charge in [0.1, 0.15) is 0 Å². The Hall–Kier alpha value is -2.50. The molecule has 25 heavy (non-hydrogen) atoms. The second-order valence-electron chi connectivity index (χ2n) is 6.96. The predicted molar refractivity (Wildman–Crippen MR) is 102 cm³/mol. The third kappa shape index (κ3) is 4.75. The van der Waals surface area contributed by atoms with Crippen molar-refractivity contribution in [1.82, 2.24) is 14.8 Å². The van der Waals surface area contributed by atoms with Gasteiger partial charge in [0, 0.05) is 50.0 Å². The zero-order valence-electron chi connectivity index (χ0n) is 15.7. The highest BCUT2D eigenvalue weighted by atomic mass is 16.2. The van der Waals surface area contributed by atoms with Crippen molar-refractivity contribution in [2.45, 2.75) is 27.3 Å². The molecule has 0 aliphatic carbocycles. The Labute approximate surface area is 149 Å². The minimum Gasteiger partial charge on any atom is -0.359 e. The summed E-state index contributed by atoms with van der Waals surface area (Å²) in [6, 6.07) is 7.75. The van der Waals surface area contributed by atoms with E-state index in [2.05, 4.69) is 41.3 Å². The molecule has 3 amide bonds. The van der Waals surface area contributed by atoms with Crippen LogP contribution < -0.4 is 10.6 Å². The number of nitrogens with zero attached hydrogens (tertiary/aromatic N) is 2. The second-order valence-corrected chi connectivity index (χ2v) is 6.96. The van der Waals surface area contributed by atoms with Crippen LogP contribution in [0.5, 0.6) is 0 Å². The average molecular weight is 344 g/mol. The van der Waals surface area contributed by atoms with E-state index in [1.165, 1.54) is 4.90 Å². The lowest BCUT2D eigenvalue weighted by Crippen LogP contribution is -2.39. The molecule has 0 aliphatic rings. The number of aromatic nitrogens is 1. The number of hydrogen-bond acceptors (Lipinski definition) is 2. The molecular formula is C19H28N4O2. The smallest absolute Gasteiger partial charge is 0.321 e. The summed E-state index contributed by atoms with van der Waals surface area (Å²) in [6.07, 6.45) is 2.08. The van der Waals surface area contributed by atoms with Crippen LogP contribution in [-0.2, 0) is 11.3 Å². The van der Waals surface area contributed by atoms with Gasteiger partial charge in [-0.25, -0.2) is 4.79 Å². The first-order valence-corrected chi connectivity index (χ1v) is 8.64. The van der Waals surface area contributed by atoms with Gasteiger partial charge in [0.25, 0.3) is 0 Å². The predicted octanol–water partition coefficient (Wildman–Crippen LogP) is 3.14. The summed E-state index contributed by atoms with van der Waals surface area (Å²) in [5, 5.41) is 6.58. The topological polar surface area (TPSA) is 66.4 Å². The summed E-state index contributed by atoms with van der Waals surface area (Å²) in [6.45, 7) is 7.51. The summed E-state index contributed by atoms with van der Waals surface area (Å²) in [5.41, 5.74) is 1.91. The Balaban J connectivity index is 2.04. The Bertz CT molecular complexity index is 751. The lowest BCUT2D eigenvalue weighted by Gasteiger charge is -2.21. The van der Waals surface area contributed by atoms with Gasteiger partial charge in [-0.2, -0.15) is 0 Å². The molecule has 6 nitrogen and oxygen atoms in total. The van der Waals surface area contributed by atoms with Crippen molar-refractivity contribution in [2.24, 2.45) is 11.8 Å². The van der Waals surface area contributed by atoms with E-state index in [0.717, 1.165) is 23.1 Å². The van der Waals surface area contributed by atoms with Crippen molar-refractivity contribution in [3.05, 3.63) is 30.5 Å². The zero-order valence-corrected chi connectivity index (χ0v) is 15.7. The van der Waals surface area contributed by atoms with Crippen LogP contribution in [0.4, 0.5) is 10.5 Å². The summed E-state index contributed by atoms with van der Waals surface area (Å²) >= 11 is 0. The van der Waals surface area contributed by atoms with Crippen LogP contribution in [0.1, 0.15) is 20.8 Å². The van der Waals surface area contributed by atoms with Crippen LogP contribution >= 0.6 is 0 Å². The molecule has 0 saturated heterocycles. The lowest BCUT2D eigenvalue weighted by atomic mass is 10.1. The molecule has 0 unspecified atom stereocenters. The van der Waals surface area contributed by atoms with Gasteiger partial charge in [0.15, 0.2) is 0 Å². The van der Waals surface area contributed by atoms with E-state index in [0.29, 0.717) is 12.5 Å². The fourth-order valence-electron chi connectivity index (χ4n) is 2.87. The molecule has 0 fully saturated rings. The molecule has 0 bridgehead atoms. The minimum absolute atomic E-state index is 0.0763. The molecular weight excluding hydrogens is 316 g/mol. The summed E-state index contributed by atoms with van der Waals surface area (Å²) in [5.74, 6) is 0.242. The Morgan fingerprint density at radius 3 is 2.56 bits per heavy atom. The van der Waals surface area contributed by atoms with E-state index in [4.69, 9.17) is 0 Å². The van der Waals surface area contributed by atoms with Crippen LogP contribution in [0.2, 0.25) is 0 Å². The summed E-state index contributed by atoms with van der Waals surface area (Å²) in [4.78, 5) is 25.4. The third-order valence-electron chi connectivity index (χ3n) is 4.17. The first-order valence-electron chi connectivity index (χ1n) is 8.64. The van der Waals surface area contributed by atoms with Gasteiger partial charge in [-0.3, -0.25) is 4.79 Å². The number of carbonyl (C=O) groups is 2. The quantitative estimate of drug-likeness (QED) is 0.845. The molecule has 0 aliphatic heterocycles. The molecule has 2 rings (SSSR count). The van der Waals surface area contributed by atoms with Crippen molar-refractivity contribution in [1.29, 1.82) is 0 Å². The van der Waals surface area contributed by atoms with Crippen molar-refractivity contribution < 1.29 is 9.59 Å². The molecule has 1 atom stereocenters. The molecule has 1 aromatic heterocycles. The molecule has 0 radical (unpaired) electrons. The molecule has 2 N–H and O–H groups in total. The van der Waals surface area contributed by atoms with Gasteiger partial charge >= 0.3 is 6.03 Å². The van der Waals surface area contributed by atoms with E-state index >= 15 is 0 Å². The normalized spacial score (nSPS) is 12.2. The summed E-state index contributed by atoms with van der Waals surface area (Å²) in [7, 11) is 3.28. The van der Waals surface area contributed by atoms with Gasteiger partial charge in [-0.1, -0.05) is 20.8 Å². The number of anilines is 1. The number of amides is 3. The summed E-state index contributed by atoms with van der Waals surface area (Å²) < 4.78 is 2.22. The second kappa shape index (κ2) is 8.05. The van der Waals surface area contributed by atoms with Gasteiger partial charge in [0.05, 0.1) is 5.92 Å². The highest BCUT2D eigenvalue weighted by molar-refractivity contribution is 5.93. The highest BCUT2D eigenvalue weighted by Gasteiger charge is 2.17. The third-order valence-corrected chi connectivity index (χ3v) is 4.17. The number of benzene rings is 1. The number of urea groups is 1. The molecule has 1 aromatic carbocycles. The van der Waals surface area contributed by atoms with Crippen molar-refractivity contribution in [3.8, 4) is 0 Å². The maximum Gasteiger partial charge on any atom is 0.321 e. The molecule has 1 heterocycles. The van der Waals surface area contributed by atoms with Crippen LogP contribution in [0.15, 0.2) is 30.5 Å². The first kappa shape index (κ1) is 18.8. The van der Waals surface area contributed by atoms with E-state index in [1.807, 2.05) is 18.2 Å². The van der Waals surface area contributed by atoms with Gasteiger partial charge < -0.3 is 20.1 Å². The monoisotopic (exact) mass is 344 g/mol. The number of rotatable bonds is 6. The molecule has 2 aromatic rings. The number of hydrogen-bond donors (Lipinski definition) is 2. The largest absolute Gasteiger partial charge is 0.359 e. The van der Waals surface area contributed by atoms with Gasteiger partial charge in [0.2, 0.25) is 5.91 Å². The maximum atomic E-state index is 12.3. The fourth-order valence-corrected chi connectivity index (χ4v) is 2.87. The van der Waals surface area contributed by atoms with E-state index in [1.54, 1.807) is 21.0 Å². The highest BCUT2D eigenvalue weighted by Crippen LogP contribution is 2.21. The minimum atomic E-state index is -0.256. The first-order chi connectivity index (χ1) is 11.8. The molecule has 6 heteroatoms. The van der Waals surface area contributed by atoms with Crippen LogP contribution in [0.25, 0.3) is 10.9 Å². The van der Waals surface area contributed by atoms with Gasteiger partial charge in [-0.05, 0) is 30.2 Å².